The van der Waals surface area contributed by atoms with Crippen LogP contribution in [0.3, 0.4) is 0 Å². The summed E-state index contributed by atoms with van der Waals surface area (Å²) >= 11 is 0. The van der Waals surface area contributed by atoms with E-state index in [1.165, 1.54) is 0 Å². The first kappa shape index (κ1) is 17.8. The Labute approximate surface area is 134 Å². The summed E-state index contributed by atoms with van der Waals surface area (Å²) in [5.74, 6) is -0.361. The molecule has 2 rings (SSSR count). The van der Waals surface area contributed by atoms with Crippen molar-refractivity contribution in [3.63, 3.8) is 0 Å². The highest BCUT2D eigenvalue weighted by molar-refractivity contribution is 5.83. The van der Waals surface area contributed by atoms with Crippen molar-refractivity contribution >= 4 is 5.91 Å². The molecule has 0 radical (unpaired) electrons. The van der Waals surface area contributed by atoms with E-state index in [-0.39, 0.29) is 18.9 Å². The monoisotopic (exact) mass is 328 g/mol. The Hall–Kier alpha value is -1.56. The average molecular weight is 328 g/mol. The summed E-state index contributed by atoms with van der Waals surface area (Å²) in [7, 11) is 0. The van der Waals surface area contributed by atoms with Crippen molar-refractivity contribution in [2.45, 2.75) is 52.3 Å². The zero-order valence-corrected chi connectivity index (χ0v) is 13.7. The van der Waals surface area contributed by atoms with Crippen LogP contribution in [0.5, 0.6) is 0 Å². The fraction of sp³-hybridized carbons (Fsp3) is 0.588. The number of carbonyl (C=O) groups excluding carboxylic acids is 1. The topological polar surface area (TPSA) is 32.3 Å². The van der Waals surface area contributed by atoms with E-state index < -0.39 is 17.6 Å². The van der Waals surface area contributed by atoms with Gasteiger partial charge in [-0.05, 0) is 44.2 Å². The number of benzene rings is 1. The van der Waals surface area contributed by atoms with Gasteiger partial charge in [-0.3, -0.25) is 10.2 Å². The first-order valence-corrected chi connectivity index (χ1v) is 7.86. The van der Waals surface area contributed by atoms with Gasteiger partial charge in [0.15, 0.2) is 0 Å². The Morgan fingerprint density at radius 1 is 1.30 bits per heavy atom. The molecule has 1 heterocycles. The first-order valence-electron chi connectivity index (χ1n) is 7.86. The molecule has 1 amide bonds. The third kappa shape index (κ3) is 4.25. The van der Waals surface area contributed by atoms with Crippen LogP contribution in [0.1, 0.15) is 38.3 Å². The molecule has 1 saturated heterocycles. The first-order chi connectivity index (χ1) is 10.6. The summed E-state index contributed by atoms with van der Waals surface area (Å²) in [4.78, 5) is 11.8. The number of amides is 1. The second-order valence-electron chi connectivity index (χ2n) is 6.72. The van der Waals surface area contributed by atoms with Crippen molar-refractivity contribution in [1.82, 2.24) is 10.4 Å². The number of nitrogens with one attached hydrogen (secondary N) is 1. The maximum absolute atomic E-state index is 13.4. The minimum atomic E-state index is -4.38. The molecule has 0 bridgehead atoms. The van der Waals surface area contributed by atoms with Gasteiger partial charge in [-0.25, -0.2) is 5.01 Å². The molecule has 1 N–H and O–H groups in total. The zero-order chi connectivity index (χ0) is 17.3. The van der Waals surface area contributed by atoms with Crippen LogP contribution < -0.4 is 5.43 Å². The third-order valence-corrected chi connectivity index (χ3v) is 4.29. The van der Waals surface area contributed by atoms with E-state index in [4.69, 9.17) is 0 Å². The molecular weight excluding hydrogens is 305 g/mol. The number of hydrazine groups is 1. The van der Waals surface area contributed by atoms with Gasteiger partial charge in [0.1, 0.15) is 6.04 Å². The summed E-state index contributed by atoms with van der Waals surface area (Å²) in [6.45, 7) is 5.38. The summed E-state index contributed by atoms with van der Waals surface area (Å²) in [5, 5.41) is 1.05. The quantitative estimate of drug-likeness (QED) is 0.897. The van der Waals surface area contributed by atoms with Crippen molar-refractivity contribution in [2.24, 2.45) is 5.41 Å². The lowest BCUT2D eigenvalue weighted by Crippen LogP contribution is -2.50. The van der Waals surface area contributed by atoms with Gasteiger partial charge in [-0.15, -0.1) is 0 Å². The molecule has 1 unspecified atom stereocenters. The number of halogens is 3. The molecule has 0 saturated carbocycles. The third-order valence-electron chi connectivity index (χ3n) is 4.29. The molecule has 23 heavy (non-hydrogen) atoms. The molecule has 3 nitrogen and oxygen atoms in total. The summed E-state index contributed by atoms with van der Waals surface area (Å²) in [5.41, 5.74) is 3.59. The van der Waals surface area contributed by atoms with Crippen LogP contribution >= 0.6 is 0 Å². The van der Waals surface area contributed by atoms with Crippen LogP contribution in [0.25, 0.3) is 0 Å². The predicted molar refractivity (Wildman–Crippen MR) is 82.6 cm³/mol. The highest BCUT2D eigenvalue weighted by Crippen LogP contribution is 2.33. The van der Waals surface area contributed by atoms with Crippen molar-refractivity contribution in [1.29, 1.82) is 0 Å². The van der Waals surface area contributed by atoms with E-state index in [1.807, 2.05) is 31.2 Å². The Bertz CT molecular complexity index is 569. The number of aryl methyl sites for hydroxylation is 2. The van der Waals surface area contributed by atoms with E-state index >= 15 is 0 Å². The molecule has 1 aliphatic rings. The molecule has 1 aromatic carbocycles. The normalized spacial score (nSPS) is 19.7. The Morgan fingerprint density at radius 3 is 2.48 bits per heavy atom. The van der Waals surface area contributed by atoms with Crippen LogP contribution in [0, 0.1) is 5.41 Å². The van der Waals surface area contributed by atoms with Gasteiger partial charge in [-0.2, -0.15) is 13.2 Å². The fourth-order valence-electron chi connectivity index (χ4n) is 2.81. The van der Waals surface area contributed by atoms with Gasteiger partial charge in [0.05, 0.1) is 5.41 Å². The largest absolute Gasteiger partial charge is 0.405 e. The van der Waals surface area contributed by atoms with E-state index in [0.29, 0.717) is 6.42 Å². The molecule has 1 aliphatic heterocycles. The molecule has 0 aliphatic carbocycles. The summed E-state index contributed by atoms with van der Waals surface area (Å²) < 4.78 is 40.2. The molecule has 0 aromatic heterocycles. The van der Waals surface area contributed by atoms with Crippen molar-refractivity contribution in [3.8, 4) is 0 Å². The molecule has 1 aromatic rings. The highest BCUT2D eigenvalue weighted by atomic mass is 19.4. The van der Waals surface area contributed by atoms with Gasteiger partial charge in [0, 0.05) is 6.54 Å². The van der Waals surface area contributed by atoms with Crippen LogP contribution in [0.2, 0.25) is 0 Å². The van der Waals surface area contributed by atoms with E-state index in [2.05, 4.69) is 5.43 Å². The lowest BCUT2D eigenvalue weighted by atomic mass is 9.94. The van der Waals surface area contributed by atoms with Gasteiger partial charge >= 0.3 is 6.18 Å². The minimum absolute atomic E-state index is 0.0605. The maximum Gasteiger partial charge on any atom is 0.405 e. The second-order valence-corrected chi connectivity index (χ2v) is 6.72. The molecule has 128 valence electrons. The Morgan fingerprint density at radius 2 is 1.96 bits per heavy atom. The Balaban J connectivity index is 2.10. The molecule has 0 spiro atoms. The van der Waals surface area contributed by atoms with Crippen LogP contribution in [-0.4, -0.2) is 29.7 Å². The minimum Gasteiger partial charge on any atom is -0.288 e. The van der Waals surface area contributed by atoms with Gasteiger partial charge in [0.25, 0.3) is 0 Å². The second kappa shape index (κ2) is 6.51. The van der Waals surface area contributed by atoms with Crippen LogP contribution in [0.15, 0.2) is 24.3 Å². The summed E-state index contributed by atoms with van der Waals surface area (Å²) in [6.07, 6.45) is -3.28. The lowest BCUT2D eigenvalue weighted by molar-refractivity contribution is -0.190. The number of rotatable bonds is 5. The van der Waals surface area contributed by atoms with Crippen LogP contribution in [-0.2, 0) is 17.6 Å². The smallest absolute Gasteiger partial charge is 0.288 e. The van der Waals surface area contributed by atoms with Crippen molar-refractivity contribution in [3.05, 3.63) is 35.4 Å². The molecule has 1 atom stereocenters. The van der Waals surface area contributed by atoms with Crippen molar-refractivity contribution < 1.29 is 18.0 Å². The average Bonchev–Trinajstić information content (AvgIpc) is 2.71. The number of carbonyl (C=O) groups is 1. The van der Waals surface area contributed by atoms with Gasteiger partial charge < -0.3 is 0 Å². The SMILES string of the molecule is CCc1cccc(CCC(N2CC(C)(C)C(=O)N2)C(F)(F)F)c1. The molecular formula is C17H23F3N2O. The number of hydrogen-bond donors (Lipinski definition) is 1. The molecule has 1 fully saturated rings. The summed E-state index contributed by atoms with van der Waals surface area (Å²) in [6, 6.07) is 5.96. The predicted octanol–water partition coefficient (Wildman–Crippen LogP) is 3.49. The van der Waals surface area contributed by atoms with Crippen LogP contribution in [0.4, 0.5) is 13.2 Å². The number of nitrogens with zero attached hydrogens (tertiary/aromatic N) is 1. The number of alkyl halides is 3. The van der Waals surface area contributed by atoms with Gasteiger partial charge in [-0.1, -0.05) is 31.2 Å². The fourth-order valence-corrected chi connectivity index (χ4v) is 2.81. The highest BCUT2D eigenvalue weighted by Gasteiger charge is 2.49. The molecule has 6 heteroatoms. The maximum atomic E-state index is 13.4. The van der Waals surface area contributed by atoms with E-state index in [1.54, 1.807) is 13.8 Å². The van der Waals surface area contributed by atoms with E-state index in [9.17, 15) is 18.0 Å². The van der Waals surface area contributed by atoms with Crippen molar-refractivity contribution in [2.75, 3.05) is 6.54 Å². The lowest BCUT2D eigenvalue weighted by Gasteiger charge is -2.29. The Kier molecular flexibility index (Phi) is 5.04. The number of hydrogen-bond acceptors (Lipinski definition) is 2. The van der Waals surface area contributed by atoms with Gasteiger partial charge in [0.2, 0.25) is 5.91 Å². The van der Waals surface area contributed by atoms with E-state index in [0.717, 1.165) is 22.6 Å². The zero-order valence-electron chi connectivity index (χ0n) is 13.7. The standard InChI is InChI=1S/C17H23F3N2O/c1-4-12-6-5-7-13(10-12)8-9-14(17(18,19)20)22-11-16(2,3)15(23)21-22/h5-7,10,14H,4,8-9,11H2,1-3H3,(H,21,23).